The molecule has 7 heteroatoms. The van der Waals surface area contributed by atoms with Gasteiger partial charge in [0.2, 0.25) is 0 Å². The highest BCUT2D eigenvalue weighted by Gasteiger charge is 2.18. The minimum atomic E-state index is 0.270. The molecule has 1 fully saturated rings. The van der Waals surface area contributed by atoms with Crippen LogP contribution in [0.25, 0.3) is 0 Å². The zero-order chi connectivity index (χ0) is 10.7. The number of ether oxygens (including phenoxy) is 1. The van der Waals surface area contributed by atoms with Gasteiger partial charge in [-0.15, -0.1) is 0 Å². The standard InChI is InChI=1S/C8H12ClN3OS2/c1-12-2-3-13-6(4-12)5-14-8-7(9)10-15-11-8/h6H,2-5H2,1H3. The second-order valence-electron chi connectivity index (χ2n) is 3.43. The van der Waals surface area contributed by atoms with E-state index in [1.165, 1.54) is 0 Å². The molecule has 1 aliphatic heterocycles. The number of nitrogens with zero attached hydrogens (tertiary/aromatic N) is 3. The highest BCUT2D eigenvalue weighted by Crippen LogP contribution is 2.26. The molecule has 0 aliphatic carbocycles. The van der Waals surface area contributed by atoms with Crippen LogP contribution in [0, 0.1) is 0 Å². The number of thioether (sulfide) groups is 1. The molecule has 1 aromatic heterocycles. The predicted molar refractivity (Wildman–Crippen MR) is 62.9 cm³/mol. The largest absolute Gasteiger partial charge is 0.375 e. The van der Waals surface area contributed by atoms with E-state index >= 15 is 0 Å². The molecule has 1 saturated heterocycles. The van der Waals surface area contributed by atoms with Gasteiger partial charge in [-0.1, -0.05) is 23.4 Å². The van der Waals surface area contributed by atoms with Crippen molar-refractivity contribution in [3.8, 4) is 0 Å². The molecule has 15 heavy (non-hydrogen) atoms. The molecule has 1 unspecified atom stereocenters. The summed E-state index contributed by atoms with van der Waals surface area (Å²) < 4.78 is 13.7. The van der Waals surface area contributed by atoms with E-state index < -0.39 is 0 Å². The van der Waals surface area contributed by atoms with Crippen LogP contribution < -0.4 is 0 Å². The summed E-state index contributed by atoms with van der Waals surface area (Å²) >= 11 is 8.62. The first-order valence-electron chi connectivity index (χ1n) is 4.66. The molecule has 4 nitrogen and oxygen atoms in total. The van der Waals surface area contributed by atoms with Crippen LogP contribution in [-0.4, -0.2) is 52.2 Å². The zero-order valence-corrected chi connectivity index (χ0v) is 10.7. The predicted octanol–water partition coefficient (Wildman–Crippen LogP) is 1.61. The second-order valence-corrected chi connectivity index (χ2v) is 5.32. The highest BCUT2D eigenvalue weighted by molar-refractivity contribution is 7.99. The van der Waals surface area contributed by atoms with Crippen LogP contribution in [0.1, 0.15) is 0 Å². The summed E-state index contributed by atoms with van der Waals surface area (Å²) in [5.41, 5.74) is 0. The van der Waals surface area contributed by atoms with Crippen molar-refractivity contribution in [2.24, 2.45) is 0 Å². The number of halogens is 1. The molecule has 0 spiro atoms. The summed E-state index contributed by atoms with van der Waals surface area (Å²) in [7, 11) is 2.11. The van der Waals surface area contributed by atoms with Crippen molar-refractivity contribution in [2.75, 3.05) is 32.5 Å². The van der Waals surface area contributed by atoms with Gasteiger partial charge in [0.25, 0.3) is 0 Å². The maximum absolute atomic E-state index is 5.85. The molecular formula is C8H12ClN3OS2. The molecule has 1 aromatic rings. The van der Waals surface area contributed by atoms with Crippen LogP contribution in [0.3, 0.4) is 0 Å². The van der Waals surface area contributed by atoms with Gasteiger partial charge in [-0.25, -0.2) is 0 Å². The fourth-order valence-electron chi connectivity index (χ4n) is 1.40. The van der Waals surface area contributed by atoms with Gasteiger partial charge < -0.3 is 9.64 Å². The van der Waals surface area contributed by atoms with Crippen molar-refractivity contribution in [1.82, 2.24) is 13.6 Å². The summed E-state index contributed by atoms with van der Waals surface area (Å²) in [5, 5.41) is 1.33. The molecule has 0 bridgehead atoms. The number of hydrogen-bond acceptors (Lipinski definition) is 6. The zero-order valence-electron chi connectivity index (χ0n) is 8.35. The molecule has 0 saturated carbocycles. The molecule has 1 atom stereocenters. The first-order chi connectivity index (χ1) is 7.25. The van der Waals surface area contributed by atoms with Crippen LogP contribution in [0.2, 0.25) is 5.15 Å². The monoisotopic (exact) mass is 265 g/mol. The van der Waals surface area contributed by atoms with E-state index in [9.17, 15) is 0 Å². The van der Waals surface area contributed by atoms with Crippen molar-refractivity contribution in [3.63, 3.8) is 0 Å². The molecule has 0 N–H and O–H groups in total. The third-order valence-electron chi connectivity index (χ3n) is 2.17. The van der Waals surface area contributed by atoms with E-state index in [4.69, 9.17) is 16.3 Å². The van der Waals surface area contributed by atoms with E-state index in [0.29, 0.717) is 5.15 Å². The average Bonchev–Trinajstić information content (AvgIpc) is 2.61. The molecule has 0 amide bonds. The van der Waals surface area contributed by atoms with Gasteiger partial charge in [0.1, 0.15) is 5.03 Å². The number of rotatable bonds is 3. The first kappa shape index (κ1) is 11.6. The minimum Gasteiger partial charge on any atom is -0.375 e. The van der Waals surface area contributed by atoms with Gasteiger partial charge in [0, 0.05) is 18.8 Å². The molecule has 2 heterocycles. The van der Waals surface area contributed by atoms with E-state index in [1.54, 1.807) is 11.8 Å². The topological polar surface area (TPSA) is 38.2 Å². The van der Waals surface area contributed by atoms with Gasteiger partial charge in [-0.05, 0) is 7.05 Å². The lowest BCUT2D eigenvalue weighted by Gasteiger charge is -2.29. The first-order valence-corrected chi connectivity index (χ1v) is 6.76. The van der Waals surface area contributed by atoms with Crippen LogP contribution in [-0.2, 0) is 4.74 Å². The Hall–Kier alpha value is 0.120. The number of morpholine rings is 1. The summed E-state index contributed by atoms with van der Waals surface area (Å²) in [4.78, 5) is 2.27. The average molecular weight is 266 g/mol. The number of hydrogen-bond donors (Lipinski definition) is 0. The van der Waals surface area contributed by atoms with Gasteiger partial charge in [0.15, 0.2) is 5.15 Å². The van der Waals surface area contributed by atoms with E-state index in [2.05, 4.69) is 20.7 Å². The Labute approximate surface area is 102 Å². The Morgan fingerprint density at radius 2 is 2.53 bits per heavy atom. The molecule has 0 radical (unpaired) electrons. The molecule has 84 valence electrons. The highest BCUT2D eigenvalue weighted by atomic mass is 35.5. The van der Waals surface area contributed by atoms with Crippen molar-refractivity contribution in [3.05, 3.63) is 5.15 Å². The SMILES string of the molecule is CN1CCOC(CSc2nsnc2Cl)C1. The maximum atomic E-state index is 5.85. The number of likely N-dealkylation sites (N-methyl/N-ethyl adjacent to an activating group) is 1. The quantitative estimate of drug-likeness (QED) is 0.777. The van der Waals surface area contributed by atoms with E-state index in [-0.39, 0.29) is 6.10 Å². The minimum absolute atomic E-state index is 0.270. The molecular weight excluding hydrogens is 254 g/mol. The lowest BCUT2D eigenvalue weighted by Crippen LogP contribution is -2.41. The van der Waals surface area contributed by atoms with E-state index in [0.717, 1.165) is 42.2 Å². The molecule has 2 rings (SSSR count). The van der Waals surface area contributed by atoms with Gasteiger partial charge >= 0.3 is 0 Å². The Morgan fingerprint density at radius 1 is 1.67 bits per heavy atom. The van der Waals surface area contributed by atoms with Crippen molar-refractivity contribution >= 4 is 35.1 Å². The smallest absolute Gasteiger partial charge is 0.176 e. The Morgan fingerprint density at radius 3 is 3.20 bits per heavy atom. The van der Waals surface area contributed by atoms with Crippen LogP contribution in [0.5, 0.6) is 0 Å². The fourth-order valence-corrected chi connectivity index (χ4v) is 3.18. The summed E-state index contributed by atoms with van der Waals surface area (Å²) in [5.74, 6) is 0.884. The summed E-state index contributed by atoms with van der Waals surface area (Å²) in [6.45, 7) is 2.80. The van der Waals surface area contributed by atoms with Gasteiger partial charge in [-0.3, -0.25) is 0 Å². The number of aromatic nitrogens is 2. The van der Waals surface area contributed by atoms with E-state index in [1.807, 2.05) is 0 Å². The lowest BCUT2D eigenvalue weighted by molar-refractivity contribution is -0.00599. The Bertz CT molecular complexity index is 323. The Kier molecular flexibility index (Phi) is 4.21. The van der Waals surface area contributed by atoms with Crippen LogP contribution >= 0.6 is 35.1 Å². The third kappa shape index (κ3) is 3.29. The normalized spacial score (nSPS) is 23.2. The Balaban J connectivity index is 1.80. The summed E-state index contributed by atoms with van der Waals surface area (Å²) in [6, 6.07) is 0. The van der Waals surface area contributed by atoms with Crippen molar-refractivity contribution < 1.29 is 4.74 Å². The second kappa shape index (κ2) is 5.45. The lowest BCUT2D eigenvalue weighted by atomic mass is 10.3. The van der Waals surface area contributed by atoms with Gasteiger partial charge in [-0.2, -0.15) is 8.75 Å². The molecule has 0 aromatic carbocycles. The molecule has 1 aliphatic rings. The van der Waals surface area contributed by atoms with Crippen molar-refractivity contribution in [2.45, 2.75) is 11.1 Å². The van der Waals surface area contributed by atoms with Crippen LogP contribution in [0.4, 0.5) is 0 Å². The maximum Gasteiger partial charge on any atom is 0.176 e. The van der Waals surface area contributed by atoms with Crippen molar-refractivity contribution in [1.29, 1.82) is 0 Å². The van der Waals surface area contributed by atoms with Crippen LogP contribution in [0.15, 0.2) is 5.03 Å². The summed E-state index contributed by atoms with van der Waals surface area (Å²) in [6.07, 6.45) is 0.270. The third-order valence-corrected chi connectivity index (χ3v) is 4.39. The fraction of sp³-hybridized carbons (Fsp3) is 0.750. The van der Waals surface area contributed by atoms with Gasteiger partial charge in [0.05, 0.1) is 24.4 Å².